The Morgan fingerprint density at radius 3 is 2.00 bits per heavy atom. The first-order chi connectivity index (χ1) is 6.50. The molecule has 0 fully saturated rings. The second-order valence-corrected chi connectivity index (χ2v) is 4.24. The van der Waals surface area contributed by atoms with Crippen LogP contribution in [0.25, 0.3) is 0 Å². The number of benzene rings is 1. The number of rotatable bonds is 3. The van der Waals surface area contributed by atoms with Crippen LogP contribution in [-0.2, 0) is 11.3 Å². The molecule has 0 spiro atoms. The van der Waals surface area contributed by atoms with Gasteiger partial charge in [0.05, 0.1) is 12.7 Å². The molecule has 0 radical (unpaired) electrons. The maximum atomic E-state index is 5.63. The van der Waals surface area contributed by atoms with Crippen LogP contribution in [0.1, 0.15) is 36.1 Å². The van der Waals surface area contributed by atoms with Crippen molar-refractivity contribution < 1.29 is 4.74 Å². The van der Waals surface area contributed by atoms with Gasteiger partial charge >= 0.3 is 0 Å². The molecule has 0 bridgehead atoms. The molecule has 0 unspecified atom stereocenters. The molecule has 0 amide bonds. The monoisotopic (exact) mass is 192 g/mol. The SMILES string of the molecule is Cc1cc(C)c(COC(C)C)c(C)c1. The molecule has 14 heavy (non-hydrogen) atoms. The highest BCUT2D eigenvalue weighted by Gasteiger charge is 2.04. The Hall–Kier alpha value is -0.820. The van der Waals surface area contributed by atoms with Crippen LogP contribution in [0, 0.1) is 20.8 Å². The van der Waals surface area contributed by atoms with Crippen LogP contribution < -0.4 is 0 Å². The van der Waals surface area contributed by atoms with Gasteiger partial charge in [0, 0.05) is 0 Å². The van der Waals surface area contributed by atoms with Crippen LogP contribution in [0.5, 0.6) is 0 Å². The van der Waals surface area contributed by atoms with Crippen molar-refractivity contribution in [2.45, 2.75) is 47.3 Å². The molecule has 0 heterocycles. The maximum Gasteiger partial charge on any atom is 0.0725 e. The highest BCUT2D eigenvalue weighted by molar-refractivity contribution is 5.36. The Balaban J connectivity index is 2.86. The van der Waals surface area contributed by atoms with Gasteiger partial charge in [0.25, 0.3) is 0 Å². The smallest absolute Gasteiger partial charge is 0.0725 e. The van der Waals surface area contributed by atoms with Gasteiger partial charge in [0.2, 0.25) is 0 Å². The summed E-state index contributed by atoms with van der Waals surface area (Å²) in [5, 5.41) is 0. The number of hydrogen-bond acceptors (Lipinski definition) is 1. The predicted molar refractivity (Wildman–Crippen MR) is 60.6 cm³/mol. The molecule has 1 aromatic rings. The Kier molecular flexibility index (Phi) is 3.70. The van der Waals surface area contributed by atoms with Gasteiger partial charge in [-0.25, -0.2) is 0 Å². The van der Waals surface area contributed by atoms with Gasteiger partial charge in [-0.05, 0) is 51.3 Å². The molecule has 0 atom stereocenters. The lowest BCUT2D eigenvalue weighted by Crippen LogP contribution is -2.05. The largest absolute Gasteiger partial charge is 0.374 e. The quantitative estimate of drug-likeness (QED) is 0.711. The summed E-state index contributed by atoms with van der Waals surface area (Å²) in [6, 6.07) is 4.43. The summed E-state index contributed by atoms with van der Waals surface area (Å²) in [5.74, 6) is 0. The van der Waals surface area contributed by atoms with Crippen molar-refractivity contribution in [3.8, 4) is 0 Å². The van der Waals surface area contributed by atoms with Crippen LogP contribution in [0.2, 0.25) is 0 Å². The Labute approximate surface area is 87.1 Å². The van der Waals surface area contributed by atoms with E-state index in [4.69, 9.17) is 4.74 Å². The van der Waals surface area contributed by atoms with E-state index in [9.17, 15) is 0 Å². The summed E-state index contributed by atoms with van der Waals surface area (Å²) in [7, 11) is 0. The highest BCUT2D eigenvalue weighted by atomic mass is 16.5. The maximum absolute atomic E-state index is 5.63. The summed E-state index contributed by atoms with van der Waals surface area (Å²) in [6.45, 7) is 11.3. The number of ether oxygens (including phenoxy) is 1. The van der Waals surface area contributed by atoms with Crippen LogP contribution in [0.15, 0.2) is 12.1 Å². The lowest BCUT2D eigenvalue weighted by atomic mass is 10.0. The molecule has 0 aliphatic carbocycles. The molecule has 0 saturated heterocycles. The van der Waals surface area contributed by atoms with Gasteiger partial charge in [-0.15, -0.1) is 0 Å². The molecular weight excluding hydrogens is 172 g/mol. The zero-order valence-electron chi connectivity index (χ0n) is 9.85. The third-order valence-corrected chi connectivity index (χ3v) is 2.40. The second kappa shape index (κ2) is 4.61. The van der Waals surface area contributed by atoms with E-state index in [2.05, 4.69) is 46.8 Å². The van der Waals surface area contributed by atoms with E-state index in [1.165, 1.54) is 22.3 Å². The first-order valence-corrected chi connectivity index (χ1v) is 5.19. The first kappa shape index (κ1) is 11.3. The molecule has 0 N–H and O–H groups in total. The minimum Gasteiger partial charge on any atom is -0.374 e. The summed E-state index contributed by atoms with van der Waals surface area (Å²) < 4.78 is 5.63. The minimum absolute atomic E-state index is 0.301. The zero-order valence-corrected chi connectivity index (χ0v) is 9.85. The summed E-state index contributed by atoms with van der Waals surface area (Å²) >= 11 is 0. The fraction of sp³-hybridized carbons (Fsp3) is 0.538. The Bertz CT molecular complexity index is 290. The van der Waals surface area contributed by atoms with E-state index in [1.807, 2.05) is 0 Å². The molecule has 0 aliphatic heterocycles. The molecule has 0 aliphatic rings. The van der Waals surface area contributed by atoms with Crippen LogP contribution >= 0.6 is 0 Å². The third kappa shape index (κ3) is 2.85. The number of aryl methyl sites for hydroxylation is 3. The molecule has 1 aromatic carbocycles. The average Bonchev–Trinajstić information content (AvgIpc) is 2.01. The molecule has 1 heteroatoms. The zero-order chi connectivity index (χ0) is 10.7. The summed E-state index contributed by atoms with van der Waals surface area (Å²) in [4.78, 5) is 0. The lowest BCUT2D eigenvalue weighted by Gasteiger charge is -2.13. The van der Waals surface area contributed by atoms with E-state index in [-0.39, 0.29) is 0 Å². The van der Waals surface area contributed by atoms with Gasteiger partial charge in [-0.2, -0.15) is 0 Å². The van der Waals surface area contributed by atoms with Crippen LogP contribution in [0.3, 0.4) is 0 Å². The van der Waals surface area contributed by atoms with Crippen molar-refractivity contribution in [3.63, 3.8) is 0 Å². The van der Waals surface area contributed by atoms with Gasteiger partial charge in [-0.3, -0.25) is 0 Å². The van der Waals surface area contributed by atoms with Crippen molar-refractivity contribution in [2.75, 3.05) is 0 Å². The fourth-order valence-electron chi connectivity index (χ4n) is 1.69. The van der Waals surface area contributed by atoms with Crippen LogP contribution in [-0.4, -0.2) is 6.10 Å². The molecule has 1 nitrogen and oxygen atoms in total. The highest BCUT2D eigenvalue weighted by Crippen LogP contribution is 2.17. The Morgan fingerprint density at radius 1 is 1.07 bits per heavy atom. The average molecular weight is 192 g/mol. The third-order valence-electron chi connectivity index (χ3n) is 2.40. The van der Waals surface area contributed by atoms with Crippen molar-refractivity contribution in [3.05, 3.63) is 34.4 Å². The fourth-order valence-corrected chi connectivity index (χ4v) is 1.69. The van der Waals surface area contributed by atoms with E-state index in [0.717, 1.165) is 6.61 Å². The minimum atomic E-state index is 0.301. The number of hydrogen-bond donors (Lipinski definition) is 0. The Morgan fingerprint density at radius 2 is 1.57 bits per heavy atom. The second-order valence-electron chi connectivity index (χ2n) is 4.24. The van der Waals surface area contributed by atoms with Crippen molar-refractivity contribution in [1.29, 1.82) is 0 Å². The van der Waals surface area contributed by atoms with Crippen molar-refractivity contribution >= 4 is 0 Å². The van der Waals surface area contributed by atoms with E-state index in [1.54, 1.807) is 0 Å². The van der Waals surface area contributed by atoms with Crippen molar-refractivity contribution in [1.82, 2.24) is 0 Å². The summed E-state index contributed by atoms with van der Waals surface area (Å²) in [6.07, 6.45) is 0.301. The molecule has 1 rings (SSSR count). The van der Waals surface area contributed by atoms with Gasteiger partial charge < -0.3 is 4.74 Å². The molecule has 78 valence electrons. The lowest BCUT2D eigenvalue weighted by molar-refractivity contribution is 0.0651. The first-order valence-electron chi connectivity index (χ1n) is 5.19. The predicted octanol–water partition coefficient (Wildman–Crippen LogP) is 3.54. The molecule has 0 saturated carbocycles. The van der Waals surface area contributed by atoms with Crippen LogP contribution in [0.4, 0.5) is 0 Å². The van der Waals surface area contributed by atoms with Crippen molar-refractivity contribution in [2.24, 2.45) is 0 Å². The van der Waals surface area contributed by atoms with E-state index >= 15 is 0 Å². The van der Waals surface area contributed by atoms with Gasteiger partial charge in [0.15, 0.2) is 0 Å². The normalized spacial score (nSPS) is 11.0. The standard InChI is InChI=1S/C13H20O/c1-9(2)14-8-13-11(4)6-10(3)7-12(13)5/h6-7,9H,8H2,1-5H3. The molecule has 0 aromatic heterocycles. The van der Waals surface area contributed by atoms with Gasteiger partial charge in [-0.1, -0.05) is 17.7 Å². The van der Waals surface area contributed by atoms with E-state index in [0.29, 0.717) is 6.10 Å². The van der Waals surface area contributed by atoms with Gasteiger partial charge in [0.1, 0.15) is 0 Å². The summed E-state index contributed by atoms with van der Waals surface area (Å²) in [5.41, 5.74) is 5.34. The molecular formula is C13H20O. The topological polar surface area (TPSA) is 9.23 Å². The van der Waals surface area contributed by atoms with E-state index < -0.39 is 0 Å².